The molecule has 0 radical (unpaired) electrons. The molecule has 0 aromatic carbocycles. The van der Waals surface area contributed by atoms with E-state index in [1.54, 1.807) is 0 Å². The number of nitrogens with one attached hydrogen (secondary N) is 2. The van der Waals surface area contributed by atoms with E-state index in [-0.39, 0.29) is 0 Å². The first-order valence-electron chi connectivity index (χ1n) is 10.4. The first-order chi connectivity index (χ1) is 10.9. The van der Waals surface area contributed by atoms with Crippen molar-refractivity contribution in [2.75, 3.05) is 19.6 Å². The summed E-state index contributed by atoms with van der Waals surface area (Å²) in [6, 6.07) is 0.742. The summed E-state index contributed by atoms with van der Waals surface area (Å²) in [7, 11) is 0. The molecule has 1 aliphatic heterocycles. The first-order valence-corrected chi connectivity index (χ1v) is 10.4. The summed E-state index contributed by atoms with van der Waals surface area (Å²) < 4.78 is 0. The Morgan fingerprint density at radius 2 is 1.14 bits per heavy atom. The van der Waals surface area contributed by atoms with Gasteiger partial charge in [-0.2, -0.15) is 0 Å². The molecule has 0 bridgehead atoms. The molecule has 0 amide bonds. The van der Waals surface area contributed by atoms with E-state index in [0.717, 1.165) is 19.1 Å². The highest BCUT2D eigenvalue weighted by molar-refractivity contribution is 4.74. The van der Waals surface area contributed by atoms with Crippen molar-refractivity contribution in [2.24, 2.45) is 0 Å². The molecule has 2 N–H and O–H groups in total. The second-order valence-corrected chi connectivity index (χ2v) is 7.24. The highest BCUT2D eigenvalue weighted by Crippen LogP contribution is 2.13. The Morgan fingerprint density at radius 3 is 1.59 bits per heavy atom. The second-order valence-electron chi connectivity index (χ2n) is 7.24. The largest absolute Gasteiger partial charge is 0.314 e. The highest BCUT2D eigenvalue weighted by atomic mass is 15.0. The van der Waals surface area contributed by atoms with Gasteiger partial charge in [-0.3, -0.25) is 0 Å². The lowest BCUT2D eigenvalue weighted by atomic mass is 10.0. The van der Waals surface area contributed by atoms with E-state index < -0.39 is 0 Å². The van der Waals surface area contributed by atoms with Crippen LogP contribution in [0.4, 0.5) is 0 Å². The molecule has 1 aliphatic rings. The fraction of sp³-hybridized carbons (Fsp3) is 1.00. The van der Waals surface area contributed by atoms with Gasteiger partial charge in [-0.1, -0.05) is 96.8 Å². The quantitative estimate of drug-likeness (QED) is 0.395. The van der Waals surface area contributed by atoms with Crippen molar-refractivity contribution in [2.45, 2.75) is 109 Å². The van der Waals surface area contributed by atoms with Crippen LogP contribution < -0.4 is 10.6 Å². The predicted molar refractivity (Wildman–Crippen MR) is 99.6 cm³/mol. The van der Waals surface area contributed by atoms with Crippen molar-refractivity contribution < 1.29 is 0 Å². The fourth-order valence-corrected chi connectivity index (χ4v) is 3.50. The second kappa shape index (κ2) is 15.8. The molecule has 2 nitrogen and oxygen atoms in total. The molecule has 1 saturated heterocycles. The summed E-state index contributed by atoms with van der Waals surface area (Å²) in [5.74, 6) is 0. The van der Waals surface area contributed by atoms with E-state index in [0.29, 0.717) is 0 Å². The fourth-order valence-electron chi connectivity index (χ4n) is 3.50. The third-order valence-corrected chi connectivity index (χ3v) is 5.03. The summed E-state index contributed by atoms with van der Waals surface area (Å²) >= 11 is 0. The summed E-state index contributed by atoms with van der Waals surface area (Å²) in [5.41, 5.74) is 0. The van der Waals surface area contributed by atoms with E-state index in [9.17, 15) is 0 Å². The summed E-state index contributed by atoms with van der Waals surface area (Å²) in [5, 5.41) is 7.08. The molecule has 2 heteroatoms. The van der Waals surface area contributed by atoms with Gasteiger partial charge in [0.25, 0.3) is 0 Å². The number of rotatable bonds is 15. The Labute approximate surface area is 140 Å². The van der Waals surface area contributed by atoms with Crippen molar-refractivity contribution in [3.63, 3.8) is 0 Å². The van der Waals surface area contributed by atoms with Gasteiger partial charge in [0.2, 0.25) is 0 Å². The van der Waals surface area contributed by atoms with Crippen LogP contribution in [0.2, 0.25) is 0 Å². The van der Waals surface area contributed by atoms with Crippen LogP contribution in [0, 0.1) is 0 Å². The Hall–Kier alpha value is -0.0800. The predicted octanol–water partition coefficient (Wildman–Crippen LogP) is 5.42. The van der Waals surface area contributed by atoms with Crippen LogP contribution in [0.15, 0.2) is 0 Å². The molecule has 0 aromatic heterocycles. The molecule has 22 heavy (non-hydrogen) atoms. The Bertz CT molecular complexity index is 212. The summed E-state index contributed by atoms with van der Waals surface area (Å²) in [6.45, 7) is 5.78. The smallest absolute Gasteiger partial charge is 0.0193 e. The van der Waals surface area contributed by atoms with Crippen LogP contribution in [0.1, 0.15) is 103 Å². The molecule has 0 saturated carbocycles. The van der Waals surface area contributed by atoms with Gasteiger partial charge >= 0.3 is 0 Å². The molecular formula is C20H42N2. The lowest BCUT2D eigenvalue weighted by Crippen LogP contribution is -2.48. The molecule has 0 aliphatic carbocycles. The normalized spacial score (nSPS) is 18.7. The maximum atomic E-state index is 3.60. The average molecular weight is 311 g/mol. The molecule has 1 unspecified atom stereocenters. The van der Waals surface area contributed by atoms with Crippen LogP contribution in [-0.2, 0) is 0 Å². The number of hydrogen-bond donors (Lipinski definition) is 2. The van der Waals surface area contributed by atoms with Crippen molar-refractivity contribution >= 4 is 0 Å². The molecule has 0 spiro atoms. The zero-order valence-corrected chi connectivity index (χ0v) is 15.3. The average Bonchev–Trinajstić information content (AvgIpc) is 2.56. The van der Waals surface area contributed by atoms with Gasteiger partial charge in [-0.25, -0.2) is 0 Å². The molecule has 1 fully saturated rings. The minimum Gasteiger partial charge on any atom is -0.314 e. The monoisotopic (exact) mass is 310 g/mol. The maximum absolute atomic E-state index is 3.60. The summed E-state index contributed by atoms with van der Waals surface area (Å²) in [4.78, 5) is 0. The SMILES string of the molecule is CCCCCCCCCCCCCCCCC1CNCCN1. The van der Waals surface area contributed by atoms with E-state index >= 15 is 0 Å². The number of hydrogen-bond acceptors (Lipinski definition) is 2. The zero-order chi connectivity index (χ0) is 15.7. The van der Waals surface area contributed by atoms with Gasteiger partial charge in [0.05, 0.1) is 0 Å². The van der Waals surface area contributed by atoms with E-state index in [2.05, 4.69) is 17.6 Å². The van der Waals surface area contributed by atoms with E-state index in [4.69, 9.17) is 0 Å². The topological polar surface area (TPSA) is 24.1 Å². The van der Waals surface area contributed by atoms with Crippen LogP contribution in [-0.4, -0.2) is 25.7 Å². The molecular weight excluding hydrogens is 268 g/mol. The third-order valence-electron chi connectivity index (χ3n) is 5.03. The first kappa shape index (κ1) is 20.0. The molecule has 132 valence electrons. The maximum Gasteiger partial charge on any atom is 0.0193 e. The van der Waals surface area contributed by atoms with Crippen LogP contribution >= 0.6 is 0 Å². The van der Waals surface area contributed by atoms with Gasteiger partial charge in [0.15, 0.2) is 0 Å². The zero-order valence-electron chi connectivity index (χ0n) is 15.3. The van der Waals surface area contributed by atoms with Crippen molar-refractivity contribution in [1.29, 1.82) is 0 Å². The molecule has 1 atom stereocenters. The molecule has 1 heterocycles. The Balaban J connectivity index is 1.68. The van der Waals surface area contributed by atoms with Gasteiger partial charge in [0.1, 0.15) is 0 Å². The van der Waals surface area contributed by atoms with Crippen molar-refractivity contribution in [3.8, 4) is 0 Å². The standard InChI is InChI=1S/C20H42N2/c1-2-3-4-5-6-7-8-9-10-11-12-13-14-15-16-20-19-21-17-18-22-20/h20-22H,2-19H2,1H3. The van der Waals surface area contributed by atoms with Gasteiger partial charge in [0, 0.05) is 25.7 Å². The van der Waals surface area contributed by atoms with E-state index in [1.165, 1.54) is 103 Å². The Morgan fingerprint density at radius 1 is 0.636 bits per heavy atom. The molecule has 1 rings (SSSR count). The van der Waals surface area contributed by atoms with Crippen LogP contribution in [0.25, 0.3) is 0 Å². The number of unbranched alkanes of at least 4 members (excludes halogenated alkanes) is 13. The van der Waals surface area contributed by atoms with Gasteiger partial charge < -0.3 is 10.6 Å². The molecule has 0 aromatic rings. The lowest BCUT2D eigenvalue weighted by Gasteiger charge is -2.24. The minimum absolute atomic E-state index is 0.742. The van der Waals surface area contributed by atoms with Gasteiger partial charge in [-0.15, -0.1) is 0 Å². The van der Waals surface area contributed by atoms with Crippen molar-refractivity contribution in [3.05, 3.63) is 0 Å². The van der Waals surface area contributed by atoms with Crippen LogP contribution in [0.3, 0.4) is 0 Å². The highest BCUT2D eigenvalue weighted by Gasteiger charge is 2.10. The Kier molecular flexibility index (Phi) is 14.3. The lowest BCUT2D eigenvalue weighted by molar-refractivity contribution is 0.386. The van der Waals surface area contributed by atoms with Crippen LogP contribution in [0.5, 0.6) is 0 Å². The van der Waals surface area contributed by atoms with Crippen molar-refractivity contribution in [1.82, 2.24) is 10.6 Å². The number of piperazine rings is 1. The van der Waals surface area contributed by atoms with E-state index in [1.807, 2.05) is 0 Å². The van der Waals surface area contributed by atoms with Gasteiger partial charge in [-0.05, 0) is 6.42 Å². The third kappa shape index (κ3) is 12.5. The summed E-state index contributed by atoms with van der Waals surface area (Å²) in [6.07, 6.45) is 21.7. The minimum atomic E-state index is 0.742.